The van der Waals surface area contributed by atoms with Crippen LogP contribution in [0.4, 0.5) is 0 Å². The summed E-state index contributed by atoms with van der Waals surface area (Å²) in [5.74, 6) is 1.52. The second-order valence-corrected chi connectivity index (χ2v) is 6.42. The summed E-state index contributed by atoms with van der Waals surface area (Å²) in [6.45, 7) is 0.0345. The molecule has 2 aliphatic rings. The molecule has 5 heteroatoms. The van der Waals surface area contributed by atoms with Gasteiger partial charge in [0.15, 0.2) is 0 Å². The Morgan fingerprint density at radius 1 is 1.27 bits per heavy atom. The highest BCUT2D eigenvalue weighted by molar-refractivity contribution is 5.77. The Morgan fingerprint density at radius 2 is 2.14 bits per heavy atom. The minimum absolute atomic E-state index is 0.0345. The number of esters is 1. The molecular formula is C17H18N2O3. The van der Waals surface area contributed by atoms with Crippen LogP contribution in [0, 0.1) is 17.8 Å². The molecule has 4 rings (SSSR count). The number of aromatic amines is 1. The molecule has 1 heterocycles. The molecule has 0 unspecified atom stereocenters. The van der Waals surface area contributed by atoms with Crippen molar-refractivity contribution in [1.82, 2.24) is 9.97 Å². The van der Waals surface area contributed by atoms with E-state index in [1.807, 2.05) is 6.07 Å². The van der Waals surface area contributed by atoms with Crippen molar-refractivity contribution in [2.75, 3.05) is 0 Å². The van der Waals surface area contributed by atoms with E-state index in [9.17, 15) is 9.59 Å². The number of ether oxygens (including phenoxy) is 1. The number of fused-ring (bicyclic) bond motifs is 3. The molecule has 2 aliphatic carbocycles. The smallest absolute Gasteiger partial charge is 0.309 e. The van der Waals surface area contributed by atoms with Crippen molar-refractivity contribution in [3.05, 3.63) is 40.4 Å². The number of para-hydroxylation sites is 1. The lowest BCUT2D eigenvalue weighted by Gasteiger charge is -2.19. The molecule has 1 aromatic carbocycles. The summed E-state index contributed by atoms with van der Waals surface area (Å²) < 4.78 is 5.40. The summed E-state index contributed by atoms with van der Waals surface area (Å²) in [5, 5.41) is 0.547. The van der Waals surface area contributed by atoms with Gasteiger partial charge < -0.3 is 9.72 Å². The van der Waals surface area contributed by atoms with E-state index >= 15 is 0 Å². The topological polar surface area (TPSA) is 72.0 Å². The third-order valence-corrected chi connectivity index (χ3v) is 5.05. The van der Waals surface area contributed by atoms with Crippen molar-refractivity contribution in [2.45, 2.75) is 32.3 Å². The van der Waals surface area contributed by atoms with Crippen molar-refractivity contribution >= 4 is 16.9 Å². The van der Waals surface area contributed by atoms with E-state index in [1.165, 1.54) is 12.8 Å². The number of hydrogen-bond acceptors (Lipinski definition) is 4. The molecule has 1 aromatic heterocycles. The number of nitrogens with zero attached hydrogens (tertiary/aromatic N) is 1. The summed E-state index contributed by atoms with van der Waals surface area (Å²) in [7, 11) is 0. The van der Waals surface area contributed by atoms with Crippen molar-refractivity contribution < 1.29 is 9.53 Å². The first-order valence-corrected chi connectivity index (χ1v) is 7.85. The van der Waals surface area contributed by atoms with Crippen LogP contribution in [0.2, 0.25) is 0 Å². The van der Waals surface area contributed by atoms with E-state index in [0.29, 0.717) is 28.6 Å². The first-order chi connectivity index (χ1) is 10.7. The average Bonchev–Trinajstić information content (AvgIpc) is 3.16. The van der Waals surface area contributed by atoms with E-state index < -0.39 is 0 Å². The molecule has 2 saturated carbocycles. The SMILES string of the molecule is O=C(OCc1nc2ccccc2c(=O)[nH]1)[C@H]1C[C@H]2CC[C@H]1C2. The van der Waals surface area contributed by atoms with Gasteiger partial charge in [-0.2, -0.15) is 0 Å². The zero-order valence-electron chi connectivity index (χ0n) is 12.2. The second kappa shape index (κ2) is 5.23. The molecule has 2 aromatic rings. The summed E-state index contributed by atoms with van der Waals surface area (Å²) >= 11 is 0. The Hall–Kier alpha value is -2.17. The van der Waals surface area contributed by atoms with Crippen LogP contribution in [0.5, 0.6) is 0 Å². The van der Waals surface area contributed by atoms with Crippen LogP contribution in [0.15, 0.2) is 29.1 Å². The molecule has 2 bridgehead atoms. The van der Waals surface area contributed by atoms with Gasteiger partial charge >= 0.3 is 5.97 Å². The minimum Gasteiger partial charge on any atom is -0.457 e. The number of aromatic nitrogens is 2. The standard InChI is InChI=1S/C17H18N2O3/c20-16-12-3-1-2-4-14(12)18-15(19-16)9-22-17(21)13-8-10-5-6-11(13)7-10/h1-4,10-11,13H,5-9H2,(H,18,19,20)/t10-,11-,13-/m0/s1. The molecule has 0 radical (unpaired) electrons. The highest BCUT2D eigenvalue weighted by Crippen LogP contribution is 2.48. The third kappa shape index (κ3) is 2.30. The molecule has 2 fully saturated rings. The van der Waals surface area contributed by atoms with Crippen LogP contribution in [-0.2, 0) is 16.1 Å². The van der Waals surface area contributed by atoms with E-state index in [4.69, 9.17) is 4.74 Å². The van der Waals surface area contributed by atoms with Gasteiger partial charge in [-0.05, 0) is 43.2 Å². The Bertz CT molecular complexity index is 783. The van der Waals surface area contributed by atoms with Crippen molar-refractivity contribution in [3.63, 3.8) is 0 Å². The fourth-order valence-electron chi connectivity index (χ4n) is 3.98. The number of H-pyrrole nitrogens is 1. The first-order valence-electron chi connectivity index (χ1n) is 7.85. The van der Waals surface area contributed by atoms with Crippen LogP contribution < -0.4 is 5.56 Å². The maximum atomic E-state index is 12.2. The molecule has 114 valence electrons. The maximum absolute atomic E-state index is 12.2. The lowest BCUT2D eigenvalue weighted by atomic mass is 9.89. The molecule has 1 N–H and O–H groups in total. The minimum atomic E-state index is -0.198. The molecule has 22 heavy (non-hydrogen) atoms. The Kier molecular flexibility index (Phi) is 3.21. The third-order valence-electron chi connectivity index (χ3n) is 5.05. The van der Waals surface area contributed by atoms with Crippen molar-refractivity contribution in [2.24, 2.45) is 17.8 Å². The van der Waals surface area contributed by atoms with Crippen LogP contribution in [0.3, 0.4) is 0 Å². The quantitative estimate of drug-likeness (QED) is 0.883. The molecule has 0 amide bonds. The Balaban J connectivity index is 1.47. The van der Waals surface area contributed by atoms with Crippen molar-refractivity contribution in [3.8, 4) is 0 Å². The zero-order chi connectivity index (χ0) is 15.1. The molecule has 0 spiro atoms. The van der Waals surface area contributed by atoms with Gasteiger partial charge in [0.25, 0.3) is 5.56 Å². The molecule has 0 saturated heterocycles. The maximum Gasteiger partial charge on any atom is 0.309 e. The zero-order valence-corrected chi connectivity index (χ0v) is 12.2. The highest BCUT2D eigenvalue weighted by Gasteiger charge is 2.43. The van der Waals surface area contributed by atoms with Gasteiger partial charge in [-0.3, -0.25) is 9.59 Å². The van der Waals surface area contributed by atoms with Gasteiger partial charge in [0.2, 0.25) is 0 Å². The molecular weight excluding hydrogens is 280 g/mol. The van der Waals surface area contributed by atoms with Crippen LogP contribution in [0.25, 0.3) is 10.9 Å². The monoisotopic (exact) mass is 298 g/mol. The van der Waals surface area contributed by atoms with Gasteiger partial charge in [-0.15, -0.1) is 0 Å². The first kappa shape index (κ1) is 13.5. The summed E-state index contributed by atoms with van der Waals surface area (Å²) in [6.07, 6.45) is 4.54. The van der Waals surface area contributed by atoms with E-state index in [0.717, 1.165) is 12.8 Å². The normalized spacial score (nSPS) is 26.5. The summed E-state index contributed by atoms with van der Waals surface area (Å²) in [5.41, 5.74) is 0.425. The van der Waals surface area contributed by atoms with Crippen molar-refractivity contribution in [1.29, 1.82) is 0 Å². The van der Waals surface area contributed by atoms with Gasteiger partial charge in [0.05, 0.1) is 16.8 Å². The highest BCUT2D eigenvalue weighted by atomic mass is 16.5. The second-order valence-electron chi connectivity index (χ2n) is 6.42. The number of nitrogens with one attached hydrogen (secondary N) is 1. The lowest BCUT2D eigenvalue weighted by Crippen LogP contribution is -2.24. The van der Waals surface area contributed by atoms with E-state index in [2.05, 4.69) is 9.97 Å². The number of carbonyl (C=O) groups excluding carboxylic acids is 1. The summed E-state index contributed by atoms with van der Waals surface area (Å²) in [4.78, 5) is 31.2. The lowest BCUT2D eigenvalue weighted by molar-refractivity contribution is -0.152. The van der Waals surface area contributed by atoms with Crippen LogP contribution in [0.1, 0.15) is 31.5 Å². The molecule has 3 atom stereocenters. The fraction of sp³-hybridized carbons (Fsp3) is 0.471. The van der Waals surface area contributed by atoms with Gasteiger partial charge in [-0.25, -0.2) is 4.98 Å². The number of hydrogen-bond donors (Lipinski definition) is 1. The van der Waals surface area contributed by atoms with E-state index in [1.54, 1.807) is 18.2 Å². The Labute approximate surface area is 127 Å². The van der Waals surface area contributed by atoms with Gasteiger partial charge in [0.1, 0.15) is 12.4 Å². The number of rotatable bonds is 3. The number of carbonyl (C=O) groups is 1. The molecule has 5 nitrogen and oxygen atoms in total. The van der Waals surface area contributed by atoms with Crippen LogP contribution in [-0.4, -0.2) is 15.9 Å². The number of benzene rings is 1. The van der Waals surface area contributed by atoms with Gasteiger partial charge in [-0.1, -0.05) is 18.6 Å². The predicted molar refractivity (Wildman–Crippen MR) is 81.1 cm³/mol. The fourth-order valence-corrected chi connectivity index (χ4v) is 3.98. The predicted octanol–water partition coefficient (Wildman–Crippen LogP) is 2.40. The van der Waals surface area contributed by atoms with E-state index in [-0.39, 0.29) is 24.1 Å². The van der Waals surface area contributed by atoms with Gasteiger partial charge in [0, 0.05) is 0 Å². The average molecular weight is 298 g/mol. The largest absolute Gasteiger partial charge is 0.457 e. The Morgan fingerprint density at radius 3 is 2.91 bits per heavy atom. The summed E-state index contributed by atoms with van der Waals surface area (Å²) in [6, 6.07) is 7.14. The molecule has 0 aliphatic heterocycles. The van der Waals surface area contributed by atoms with Crippen LogP contribution >= 0.6 is 0 Å².